The highest BCUT2D eigenvalue weighted by Gasteiger charge is 2.46. The number of hydrogen-bond acceptors (Lipinski definition) is 2. The molecule has 0 N–H and O–H groups in total. The standard InChI is InChI=1S/C20H28O2/c1-15-11-16(2)20(17(3)12-15)13-21-19(22-14-20)10-9-18-7-5-4-6-8-18/h4-8,11,16-17,19H,9-10,12-14H2,1-3H3. The molecular weight excluding hydrogens is 272 g/mol. The van der Waals surface area contributed by atoms with E-state index < -0.39 is 0 Å². The molecule has 1 fully saturated rings. The molecule has 1 spiro atoms. The van der Waals surface area contributed by atoms with Gasteiger partial charge in [-0.15, -0.1) is 0 Å². The molecule has 1 aromatic carbocycles. The minimum absolute atomic E-state index is 0.0442. The maximum atomic E-state index is 6.12. The summed E-state index contributed by atoms with van der Waals surface area (Å²) in [6.07, 6.45) is 5.50. The third-order valence-corrected chi connectivity index (χ3v) is 5.64. The molecule has 1 aliphatic heterocycles. The van der Waals surface area contributed by atoms with E-state index in [4.69, 9.17) is 9.47 Å². The van der Waals surface area contributed by atoms with Gasteiger partial charge in [0.25, 0.3) is 0 Å². The van der Waals surface area contributed by atoms with Crippen molar-refractivity contribution in [1.29, 1.82) is 0 Å². The minimum atomic E-state index is -0.0442. The van der Waals surface area contributed by atoms with Gasteiger partial charge in [0, 0.05) is 11.8 Å². The third kappa shape index (κ3) is 3.13. The molecule has 2 aliphatic rings. The van der Waals surface area contributed by atoms with Gasteiger partial charge in [0.2, 0.25) is 0 Å². The topological polar surface area (TPSA) is 18.5 Å². The zero-order valence-electron chi connectivity index (χ0n) is 14.0. The summed E-state index contributed by atoms with van der Waals surface area (Å²) >= 11 is 0. The fraction of sp³-hybridized carbons (Fsp3) is 0.600. The van der Waals surface area contributed by atoms with Crippen molar-refractivity contribution in [1.82, 2.24) is 0 Å². The molecule has 2 unspecified atom stereocenters. The fourth-order valence-corrected chi connectivity index (χ4v) is 4.03. The van der Waals surface area contributed by atoms with Gasteiger partial charge < -0.3 is 9.47 Å². The van der Waals surface area contributed by atoms with Gasteiger partial charge in [0.1, 0.15) is 0 Å². The zero-order chi connectivity index (χ0) is 15.6. The van der Waals surface area contributed by atoms with Gasteiger partial charge in [-0.1, -0.05) is 55.8 Å². The smallest absolute Gasteiger partial charge is 0.157 e. The molecule has 22 heavy (non-hydrogen) atoms. The lowest BCUT2D eigenvalue weighted by atomic mass is 9.63. The van der Waals surface area contributed by atoms with Crippen LogP contribution in [0.15, 0.2) is 42.0 Å². The monoisotopic (exact) mass is 300 g/mol. The molecular formula is C20H28O2. The van der Waals surface area contributed by atoms with Gasteiger partial charge in [0.05, 0.1) is 13.2 Å². The van der Waals surface area contributed by atoms with Crippen LogP contribution in [-0.2, 0) is 15.9 Å². The van der Waals surface area contributed by atoms with Crippen molar-refractivity contribution in [2.75, 3.05) is 13.2 Å². The zero-order valence-corrected chi connectivity index (χ0v) is 14.0. The van der Waals surface area contributed by atoms with Gasteiger partial charge in [0.15, 0.2) is 6.29 Å². The van der Waals surface area contributed by atoms with Crippen LogP contribution in [0.1, 0.15) is 39.2 Å². The number of benzene rings is 1. The summed E-state index contributed by atoms with van der Waals surface area (Å²) in [5, 5.41) is 0. The lowest BCUT2D eigenvalue weighted by Crippen LogP contribution is -2.50. The van der Waals surface area contributed by atoms with Crippen LogP contribution in [0.2, 0.25) is 0 Å². The van der Waals surface area contributed by atoms with Crippen LogP contribution >= 0.6 is 0 Å². The highest BCUT2D eigenvalue weighted by Crippen LogP contribution is 2.47. The molecule has 0 radical (unpaired) electrons. The van der Waals surface area contributed by atoms with Crippen molar-refractivity contribution in [3.8, 4) is 0 Å². The van der Waals surface area contributed by atoms with Gasteiger partial charge in [-0.2, -0.15) is 0 Å². The Bertz CT molecular complexity index is 512. The molecule has 0 amide bonds. The molecule has 120 valence electrons. The largest absolute Gasteiger partial charge is 0.352 e. The molecule has 1 aromatic rings. The summed E-state index contributed by atoms with van der Waals surface area (Å²) in [5.74, 6) is 1.16. The van der Waals surface area contributed by atoms with E-state index >= 15 is 0 Å². The van der Waals surface area contributed by atoms with Crippen LogP contribution in [0.4, 0.5) is 0 Å². The van der Waals surface area contributed by atoms with E-state index in [1.54, 1.807) is 0 Å². The van der Waals surface area contributed by atoms with E-state index in [9.17, 15) is 0 Å². The Morgan fingerprint density at radius 2 is 1.77 bits per heavy atom. The summed E-state index contributed by atoms with van der Waals surface area (Å²) in [7, 11) is 0. The molecule has 2 heteroatoms. The van der Waals surface area contributed by atoms with Crippen molar-refractivity contribution in [3.05, 3.63) is 47.5 Å². The van der Waals surface area contributed by atoms with Gasteiger partial charge in [-0.3, -0.25) is 0 Å². The Balaban J connectivity index is 1.56. The van der Waals surface area contributed by atoms with Gasteiger partial charge in [-0.25, -0.2) is 0 Å². The van der Waals surface area contributed by atoms with Crippen LogP contribution in [0.5, 0.6) is 0 Å². The summed E-state index contributed by atoms with van der Waals surface area (Å²) in [4.78, 5) is 0. The second-order valence-corrected chi connectivity index (χ2v) is 7.22. The number of aryl methyl sites for hydroxylation is 1. The molecule has 2 atom stereocenters. The van der Waals surface area contributed by atoms with E-state index in [1.807, 2.05) is 0 Å². The molecule has 1 heterocycles. The molecule has 1 saturated heterocycles. The number of rotatable bonds is 3. The average Bonchev–Trinajstić information content (AvgIpc) is 2.53. The SMILES string of the molecule is CC1=CC(C)C2(COC(CCc3ccccc3)OC2)C(C)C1. The summed E-state index contributed by atoms with van der Waals surface area (Å²) in [5.41, 5.74) is 3.03. The van der Waals surface area contributed by atoms with Crippen molar-refractivity contribution < 1.29 is 9.47 Å². The highest BCUT2D eigenvalue weighted by molar-refractivity contribution is 5.15. The highest BCUT2D eigenvalue weighted by atomic mass is 16.7. The van der Waals surface area contributed by atoms with Crippen LogP contribution in [0.3, 0.4) is 0 Å². The molecule has 0 bridgehead atoms. The Labute approximate surface area is 134 Å². The second-order valence-electron chi connectivity index (χ2n) is 7.22. The predicted molar refractivity (Wildman–Crippen MR) is 89.6 cm³/mol. The maximum Gasteiger partial charge on any atom is 0.157 e. The van der Waals surface area contributed by atoms with Crippen molar-refractivity contribution in [2.24, 2.45) is 17.3 Å². The molecule has 2 nitrogen and oxygen atoms in total. The van der Waals surface area contributed by atoms with E-state index in [-0.39, 0.29) is 11.7 Å². The van der Waals surface area contributed by atoms with Crippen molar-refractivity contribution in [2.45, 2.75) is 46.3 Å². The fourth-order valence-electron chi connectivity index (χ4n) is 4.03. The Morgan fingerprint density at radius 1 is 1.09 bits per heavy atom. The maximum absolute atomic E-state index is 6.12. The minimum Gasteiger partial charge on any atom is -0.352 e. The molecule has 1 aliphatic carbocycles. The van der Waals surface area contributed by atoms with Crippen molar-refractivity contribution in [3.63, 3.8) is 0 Å². The normalized spacial score (nSPS) is 35.4. The summed E-state index contributed by atoms with van der Waals surface area (Å²) in [6, 6.07) is 10.6. The van der Waals surface area contributed by atoms with Crippen molar-refractivity contribution >= 4 is 0 Å². The third-order valence-electron chi connectivity index (χ3n) is 5.64. The molecule has 3 rings (SSSR count). The lowest BCUT2D eigenvalue weighted by Gasteiger charge is -2.49. The molecule has 0 aromatic heterocycles. The summed E-state index contributed by atoms with van der Waals surface area (Å²) in [6.45, 7) is 8.57. The Morgan fingerprint density at radius 3 is 2.41 bits per heavy atom. The predicted octanol–water partition coefficient (Wildman–Crippen LogP) is 4.60. The Kier molecular flexibility index (Phi) is 4.70. The van der Waals surface area contributed by atoms with Crippen LogP contribution < -0.4 is 0 Å². The average molecular weight is 300 g/mol. The van der Waals surface area contributed by atoms with Crippen LogP contribution in [-0.4, -0.2) is 19.5 Å². The number of allylic oxidation sites excluding steroid dienone is 2. The quantitative estimate of drug-likeness (QED) is 0.759. The van der Waals surface area contributed by atoms with Crippen LogP contribution in [0.25, 0.3) is 0 Å². The Hall–Kier alpha value is -1.12. The first kappa shape index (κ1) is 15.8. The second kappa shape index (κ2) is 6.55. The first-order valence-corrected chi connectivity index (χ1v) is 8.54. The first-order valence-electron chi connectivity index (χ1n) is 8.54. The lowest BCUT2D eigenvalue weighted by molar-refractivity contribution is -0.251. The first-order chi connectivity index (χ1) is 10.6. The van der Waals surface area contributed by atoms with Gasteiger partial charge in [-0.05, 0) is 37.2 Å². The number of ether oxygens (including phenoxy) is 2. The van der Waals surface area contributed by atoms with Crippen LogP contribution in [0, 0.1) is 17.3 Å². The van der Waals surface area contributed by atoms with E-state index in [0.717, 1.165) is 26.1 Å². The van der Waals surface area contributed by atoms with E-state index in [2.05, 4.69) is 57.2 Å². The number of hydrogen-bond donors (Lipinski definition) is 0. The molecule has 0 saturated carbocycles. The summed E-state index contributed by atoms with van der Waals surface area (Å²) < 4.78 is 12.2. The van der Waals surface area contributed by atoms with Gasteiger partial charge >= 0.3 is 0 Å². The van der Waals surface area contributed by atoms with E-state index in [1.165, 1.54) is 17.6 Å². The van der Waals surface area contributed by atoms with E-state index in [0.29, 0.717) is 11.8 Å².